The standard InChI is InChI=1S/C23H19N3O4S2/c1-29-18-11-10-15(13-19(18)30-2)22(27)32-26-23(28)24-16-7-5-6-14(12-16)21-25-17-8-3-4-9-20(17)31-21/h3-13H,1-2H3,(H2,24,26,28). The van der Waals surface area contributed by atoms with E-state index in [9.17, 15) is 9.59 Å². The zero-order chi connectivity index (χ0) is 22.5. The second-order valence-electron chi connectivity index (χ2n) is 6.58. The highest BCUT2D eigenvalue weighted by Gasteiger charge is 2.14. The Kier molecular flexibility index (Phi) is 6.58. The van der Waals surface area contributed by atoms with Gasteiger partial charge in [-0.3, -0.25) is 9.52 Å². The summed E-state index contributed by atoms with van der Waals surface area (Å²) in [5.74, 6) is 0.961. The number of benzene rings is 3. The van der Waals surface area contributed by atoms with Crippen LogP contribution in [0.25, 0.3) is 20.8 Å². The van der Waals surface area contributed by atoms with Crippen LogP contribution in [0.4, 0.5) is 10.5 Å². The number of aromatic nitrogens is 1. The van der Waals surface area contributed by atoms with Crippen molar-refractivity contribution in [2.24, 2.45) is 0 Å². The maximum Gasteiger partial charge on any atom is 0.329 e. The number of fused-ring (bicyclic) bond motifs is 1. The van der Waals surface area contributed by atoms with Gasteiger partial charge in [0.05, 0.1) is 24.4 Å². The summed E-state index contributed by atoms with van der Waals surface area (Å²) in [7, 11) is 3.01. The minimum absolute atomic E-state index is 0.329. The van der Waals surface area contributed by atoms with Gasteiger partial charge in [-0.05, 0) is 42.5 Å². The first kappa shape index (κ1) is 21.7. The monoisotopic (exact) mass is 465 g/mol. The quantitative estimate of drug-likeness (QED) is 0.374. The summed E-state index contributed by atoms with van der Waals surface area (Å²) in [4.78, 5) is 29.4. The summed E-state index contributed by atoms with van der Waals surface area (Å²) >= 11 is 2.27. The number of rotatable bonds is 5. The fourth-order valence-electron chi connectivity index (χ4n) is 3.00. The zero-order valence-electron chi connectivity index (χ0n) is 17.2. The van der Waals surface area contributed by atoms with E-state index in [-0.39, 0.29) is 5.12 Å². The van der Waals surface area contributed by atoms with Crippen LogP contribution in [0.15, 0.2) is 66.7 Å². The molecule has 0 atom stereocenters. The van der Waals surface area contributed by atoms with Crippen molar-refractivity contribution in [1.29, 1.82) is 0 Å². The van der Waals surface area contributed by atoms with Gasteiger partial charge in [0.2, 0.25) is 5.12 Å². The molecule has 1 heterocycles. The Hall–Kier alpha value is -3.56. The molecule has 2 N–H and O–H groups in total. The van der Waals surface area contributed by atoms with Crippen molar-refractivity contribution in [2.75, 3.05) is 19.5 Å². The number of hydrogen-bond donors (Lipinski definition) is 2. The number of urea groups is 1. The van der Waals surface area contributed by atoms with Crippen LogP contribution < -0.4 is 19.5 Å². The van der Waals surface area contributed by atoms with E-state index >= 15 is 0 Å². The minimum atomic E-state index is -0.509. The minimum Gasteiger partial charge on any atom is -0.493 e. The lowest BCUT2D eigenvalue weighted by molar-refractivity contribution is 0.108. The number of amides is 2. The molecule has 0 aliphatic heterocycles. The molecule has 0 fully saturated rings. The first-order valence-corrected chi connectivity index (χ1v) is 11.2. The van der Waals surface area contributed by atoms with Crippen molar-refractivity contribution in [1.82, 2.24) is 9.71 Å². The number of para-hydroxylation sites is 1. The molecule has 0 spiro atoms. The number of nitrogens with one attached hydrogen (secondary N) is 2. The number of hydrogen-bond acceptors (Lipinski definition) is 7. The fraction of sp³-hybridized carbons (Fsp3) is 0.0870. The highest BCUT2D eigenvalue weighted by atomic mass is 32.2. The molecule has 3 aromatic carbocycles. The van der Waals surface area contributed by atoms with Crippen LogP contribution in [0.2, 0.25) is 0 Å². The molecule has 7 nitrogen and oxygen atoms in total. The van der Waals surface area contributed by atoms with Gasteiger partial charge in [0.1, 0.15) is 5.01 Å². The topological polar surface area (TPSA) is 89.5 Å². The second-order valence-corrected chi connectivity index (χ2v) is 8.39. The molecule has 4 aromatic rings. The summed E-state index contributed by atoms with van der Waals surface area (Å²) in [6.45, 7) is 0. The summed E-state index contributed by atoms with van der Waals surface area (Å²) in [6.07, 6.45) is 0. The predicted octanol–water partition coefficient (Wildman–Crippen LogP) is 5.59. The van der Waals surface area contributed by atoms with Crippen molar-refractivity contribution in [2.45, 2.75) is 0 Å². The third kappa shape index (κ3) is 4.84. The van der Waals surface area contributed by atoms with Crippen LogP contribution in [0.1, 0.15) is 10.4 Å². The van der Waals surface area contributed by atoms with E-state index in [2.05, 4.69) is 15.0 Å². The van der Waals surface area contributed by atoms with Crippen molar-refractivity contribution >= 4 is 50.3 Å². The Bertz CT molecular complexity index is 1260. The molecule has 0 saturated carbocycles. The Balaban J connectivity index is 1.39. The number of anilines is 1. The highest BCUT2D eigenvalue weighted by molar-refractivity contribution is 8.12. The SMILES string of the molecule is COc1ccc(C(=O)SNC(=O)Nc2cccc(-c3nc4ccccc4s3)c2)cc1OC. The van der Waals surface area contributed by atoms with E-state index < -0.39 is 6.03 Å². The molecule has 0 unspecified atom stereocenters. The van der Waals surface area contributed by atoms with E-state index in [1.165, 1.54) is 14.2 Å². The Morgan fingerprint density at radius 2 is 1.75 bits per heavy atom. The number of nitrogens with zero attached hydrogens (tertiary/aromatic N) is 1. The highest BCUT2D eigenvalue weighted by Crippen LogP contribution is 2.31. The Morgan fingerprint density at radius 3 is 2.53 bits per heavy atom. The van der Waals surface area contributed by atoms with Crippen LogP contribution in [0.5, 0.6) is 11.5 Å². The first-order chi connectivity index (χ1) is 15.6. The van der Waals surface area contributed by atoms with Gasteiger partial charge in [-0.15, -0.1) is 11.3 Å². The molecular formula is C23H19N3O4S2. The molecule has 0 radical (unpaired) electrons. The average Bonchev–Trinajstić information content (AvgIpc) is 3.26. The number of thiazole rings is 1. The van der Waals surface area contributed by atoms with Gasteiger partial charge in [-0.25, -0.2) is 9.78 Å². The van der Waals surface area contributed by atoms with Gasteiger partial charge in [0.15, 0.2) is 11.5 Å². The number of carbonyl (C=O) groups excluding carboxylic acids is 2. The molecule has 4 rings (SSSR count). The van der Waals surface area contributed by atoms with Crippen LogP contribution in [0.3, 0.4) is 0 Å². The van der Waals surface area contributed by atoms with Crippen LogP contribution in [-0.2, 0) is 0 Å². The Morgan fingerprint density at radius 1 is 0.938 bits per heavy atom. The largest absolute Gasteiger partial charge is 0.493 e. The predicted molar refractivity (Wildman–Crippen MR) is 129 cm³/mol. The molecular weight excluding hydrogens is 446 g/mol. The molecule has 0 aliphatic rings. The molecule has 0 saturated heterocycles. The van der Waals surface area contributed by atoms with Gasteiger partial charge >= 0.3 is 6.03 Å². The normalized spacial score (nSPS) is 10.6. The van der Waals surface area contributed by atoms with Gasteiger partial charge in [-0.2, -0.15) is 0 Å². The van der Waals surface area contributed by atoms with E-state index in [0.29, 0.717) is 34.7 Å². The average molecular weight is 466 g/mol. The lowest BCUT2D eigenvalue weighted by Crippen LogP contribution is -2.24. The molecule has 0 bridgehead atoms. The third-order valence-electron chi connectivity index (χ3n) is 4.52. The maximum absolute atomic E-state index is 12.4. The van der Waals surface area contributed by atoms with Crippen molar-refractivity contribution in [3.05, 3.63) is 72.3 Å². The smallest absolute Gasteiger partial charge is 0.329 e. The molecule has 32 heavy (non-hydrogen) atoms. The number of ether oxygens (including phenoxy) is 2. The molecule has 0 aliphatic carbocycles. The van der Waals surface area contributed by atoms with Gasteiger partial charge in [0, 0.05) is 28.8 Å². The van der Waals surface area contributed by atoms with Crippen LogP contribution in [0, 0.1) is 0 Å². The van der Waals surface area contributed by atoms with Crippen molar-refractivity contribution in [3.8, 4) is 22.1 Å². The summed E-state index contributed by atoms with van der Waals surface area (Å²) in [6, 6.07) is 19.6. The van der Waals surface area contributed by atoms with Crippen LogP contribution in [-0.4, -0.2) is 30.3 Å². The Labute approximate surface area is 192 Å². The van der Waals surface area contributed by atoms with E-state index in [1.807, 2.05) is 42.5 Å². The second kappa shape index (κ2) is 9.71. The van der Waals surface area contributed by atoms with Gasteiger partial charge in [0.25, 0.3) is 0 Å². The zero-order valence-corrected chi connectivity index (χ0v) is 18.9. The number of carbonyl (C=O) groups is 2. The molecule has 2 amide bonds. The van der Waals surface area contributed by atoms with Gasteiger partial charge < -0.3 is 14.8 Å². The molecule has 162 valence electrons. The van der Waals surface area contributed by atoms with Gasteiger partial charge in [-0.1, -0.05) is 24.3 Å². The summed E-state index contributed by atoms with van der Waals surface area (Å²) in [5, 5.41) is 3.28. The first-order valence-electron chi connectivity index (χ1n) is 9.53. The lowest BCUT2D eigenvalue weighted by atomic mass is 10.2. The van der Waals surface area contributed by atoms with Crippen molar-refractivity contribution < 1.29 is 19.1 Å². The fourth-order valence-corrected chi connectivity index (χ4v) is 4.44. The maximum atomic E-state index is 12.4. The summed E-state index contributed by atoms with van der Waals surface area (Å²) in [5.41, 5.74) is 2.82. The van der Waals surface area contributed by atoms with E-state index in [0.717, 1.165) is 20.8 Å². The van der Waals surface area contributed by atoms with Crippen LogP contribution >= 0.6 is 23.3 Å². The van der Waals surface area contributed by atoms with E-state index in [4.69, 9.17) is 9.47 Å². The summed E-state index contributed by atoms with van der Waals surface area (Å²) < 4.78 is 14.0. The molecule has 1 aromatic heterocycles. The number of methoxy groups -OCH3 is 2. The van der Waals surface area contributed by atoms with Crippen molar-refractivity contribution in [3.63, 3.8) is 0 Å². The van der Waals surface area contributed by atoms with E-state index in [1.54, 1.807) is 35.6 Å². The molecule has 9 heteroatoms. The lowest BCUT2D eigenvalue weighted by Gasteiger charge is -2.10. The third-order valence-corrected chi connectivity index (χ3v) is 6.31.